The maximum atomic E-state index is 12.1. The normalized spacial score (nSPS) is 23.7. The van der Waals surface area contributed by atoms with Crippen molar-refractivity contribution in [3.05, 3.63) is 0 Å². The minimum atomic E-state index is -0.310. The first-order valence-corrected chi connectivity index (χ1v) is 7.61. The zero-order chi connectivity index (χ0) is 16.2. The van der Waals surface area contributed by atoms with Gasteiger partial charge in [0.2, 0.25) is 5.91 Å². The van der Waals surface area contributed by atoms with Gasteiger partial charge in [-0.3, -0.25) is 25.3 Å². The Morgan fingerprint density at radius 1 is 1.29 bits per heavy atom. The second-order valence-electron chi connectivity index (χ2n) is 6.93. The Bertz CT molecular complexity index is 382. The molecule has 0 aromatic rings. The summed E-state index contributed by atoms with van der Waals surface area (Å²) in [4.78, 5) is 25.8. The molecule has 1 heterocycles. The lowest BCUT2D eigenvalue weighted by molar-refractivity contribution is -0.149. The number of carbonyl (C=O) groups is 2. The number of ether oxygens (including phenoxy) is 1. The van der Waals surface area contributed by atoms with Gasteiger partial charge in [0.05, 0.1) is 17.7 Å². The van der Waals surface area contributed by atoms with Gasteiger partial charge in [-0.15, -0.1) is 0 Å². The summed E-state index contributed by atoms with van der Waals surface area (Å²) < 4.78 is 5.83. The highest BCUT2D eigenvalue weighted by atomic mass is 16.5. The van der Waals surface area contributed by atoms with Crippen molar-refractivity contribution in [2.24, 2.45) is 5.92 Å². The molecule has 0 aromatic heterocycles. The lowest BCUT2D eigenvalue weighted by Crippen LogP contribution is -2.59. The number of hydrazine groups is 1. The first-order chi connectivity index (χ1) is 9.60. The highest BCUT2D eigenvalue weighted by Gasteiger charge is 2.35. The number of carbonyl (C=O) groups excluding carboxylic acids is 2. The maximum Gasteiger partial charge on any atom is 0.255 e. The molecule has 1 aliphatic heterocycles. The van der Waals surface area contributed by atoms with Crippen LogP contribution >= 0.6 is 0 Å². The standard InChI is InChI=1S/C15H29N3O3/c1-10(2)7-13(19)16-17-14(20)12(4)18-8-11(3)21-15(5,6)9-18/h10-12H,7-9H2,1-6H3,(H,16,19)(H,17,20)/t11-,12+/m0/s1. The van der Waals surface area contributed by atoms with Gasteiger partial charge in [-0.05, 0) is 33.6 Å². The topological polar surface area (TPSA) is 70.7 Å². The van der Waals surface area contributed by atoms with E-state index in [1.807, 2.05) is 41.5 Å². The van der Waals surface area contributed by atoms with Crippen LogP contribution in [0.1, 0.15) is 48.0 Å². The van der Waals surface area contributed by atoms with E-state index in [1.54, 1.807) is 0 Å². The van der Waals surface area contributed by atoms with E-state index in [9.17, 15) is 9.59 Å². The average molecular weight is 299 g/mol. The van der Waals surface area contributed by atoms with Crippen LogP contribution in [0.5, 0.6) is 0 Å². The van der Waals surface area contributed by atoms with E-state index in [0.717, 1.165) is 0 Å². The molecule has 0 spiro atoms. The van der Waals surface area contributed by atoms with Crippen LogP contribution in [0.25, 0.3) is 0 Å². The smallest absolute Gasteiger partial charge is 0.255 e. The Hall–Kier alpha value is -1.14. The summed E-state index contributed by atoms with van der Waals surface area (Å²) in [7, 11) is 0. The van der Waals surface area contributed by atoms with Gasteiger partial charge in [0.25, 0.3) is 5.91 Å². The van der Waals surface area contributed by atoms with Crippen molar-refractivity contribution < 1.29 is 14.3 Å². The van der Waals surface area contributed by atoms with Crippen LogP contribution in [-0.2, 0) is 14.3 Å². The zero-order valence-electron chi connectivity index (χ0n) is 14.0. The SMILES string of the molecule is CC(C)CC(=O)NNC(=O)[C@@H](C)N1C[C@H](C)OC(C)(C)C1. The van der Waals surface area contributed by atoms with Crippen molar-refractivity contribution in [3.63, 3.8) is 0 Å². The van der Waals surface area contributed by atoms with E-state index < -0.39 is 0 Å². The third kappa shape index (κ3) is 6.01. The summed E-state index contributed by atoms with van der Waals surface area (Å²) in [5, 5.41) is 0. The minimum absolute atomic E-state index is 0.0829. The van der Waals surface area contributed by atoms with Crippen LogP contribution in [0.4, 0.5) is 0 Å². The van der Waals surface area contributed by atoms with E-state index in [2.05, 4.69) is 15.8 Å². The molecule has 0 aromatic carbocycles. The van der Waals surface area contributed by atoms with Gasteiger partial charge in [-0.2, -0.15) is 0 Å². The molecular formula is C15H29N3O3. The van der Waals surface area contributed by atoms with Crippen LogP contribution < -0.4 is 10.9 Å². The molecular weight excluding hydrogens is 270 g/mol. The Morgan fingerprint density at radius 2 is 1.90 bits per heavy atom. The molecule has 6 heteroatoms. The van der Waals surface area contributed by atoms with Crippen LogP contribution in [0.2, 0.25) is 0 Å². The summed E-state index contributed by atoms with van der Waals surface area (Å²) in [6.45, 7) is 13.2. The molecule has 2 N–H and O–H groups in total. The third-order valence-corrected chi connectivity index (χ3v) is 3.44. The van der Waals surface area contributed by atoms with Gasteiger partial charge in [0, 0.05) is 19.5 Å². The molecule has 122 valence electrons. The number of nitrogens with one attached hydrogen (secondary N) is 2. The molecule has 2 amide bonds. The van der Waals surface area contributed by atoms with Gasteiger partial charge in [0.1, 0.15) is 0 Å². The number of amides is 2. The van der Waals surface area contributed by atoms with Gasteiger partial charge in [-0.1, -0.05) is 13.8 Å². The third-order valence-electron chi connectivity index (χ3n) is 3.44. The Kier molecular flexibility index (Phi) is 6.16. The van der Waals surface area contributed by atoms with Crippen molar-refractivity contribution in [2.45, 2.75) is 65.7 Å². The summed E-state index contributed by atoms with van der Waals surface area (Å²) in [5.74, 6) is -0.0987. The van der Waals surface area contributed by atoms with Crippen LogP contribution in [0, 0.1) is 5.92 Å². The molecule has 21 heavy (non-hydrogen) atoms. The first kappa shape index (κ1) is 17.9. The summed E-state index contributed by atoms with van der Waals surface area (Å²) in [5.41, 5.74) is 4.70. The minimum Gasteiger partial charge on any atom is -0.370 e. The fraction of sp³-hybridized carbons (Fsp3) is 0.867. The molecule has 2 atom stereocenters. The molecule has 6 nitrogen and oxygen atoms in total. The van der Waals surface area contributed by atoms with Crippen molar-refractivity contribution in [2.75, 3.05) is 13.1 Å². The van der Waals surface area contributed by atoms with Gasteiger partial charge >= 0.3 is 0 Å². The van der Waals surface area contributed by atoms with E-state index in [-0.39, 0.29) is 35.5 Å². The lowest BCUT2D eigenvalue weighted by atomic mass is 10.0. The largest absolute Gasteiger partial charge is 0.370 e. The molecule has 1 aliphatic rings. The average Bonchev–Trinajstić information content (AvgIpc) is 2.31. The van der Waals surface area contributed by atoms with Gasteiger partial charge < -0.3 is 4.74 Å². The number of rotatable bonds is 4. The van der Waals surface area contributed by atoms with Crippen molar-refractivity contribution in [1.29, 1.82) is 0 Å². The molecule has 0 unspecified atom stereocenters. The quantitative estimate of drug-likeness (QED) is 0.762. The number of hydrogen-bond acceptors (Lipinski definition) is 4. The maximum absolute atomic E-state index is 12.1. The predicted octanol–water partition coefficient (Wildman–Crippen LogP) is 1.07. The highest BCUT2D eigenvalue weighted by molar-refractivity contribution is 5.85. The van der Waals surface area contributed by atoms with E-state index in [0.29, 0.717) is 19.5 Å². The Morgan fingerprint density at radius 3 is 2.43 bits per heavy atom. The second kappa shape index (κ2) is 7.22. The Labute approximate surface area is 127 Å². The molecule has 1 fully saturated rings. The van der Waals surface area contributed by atoms with E-state index in [4.69, 9.17) is 4.74 Å². The van der Waals surface area contributed by atoms with Crippen molar-refractivity contribution in [1.82, 2.24) is 15.8 Å². The molecule has 0 aliphatic carbocycles. The van der Waals surface area contributed by atoms with Crippen molar-refractivity contribution >= 4 is 11.8 Å². The number of nitrogens with zero attached hydrogens (tertiary/aromatic N) is 1. The Balaban J connectivity index is 2.48. The van der Waals surface area contributed by atoms with E-state index in [1.165, 1.54) is 0 Å². The summed E-state index contributed by atoms with van der Waals surface area (Å²) in [6, 6.07) is -0.310. The highest BCUT2D eigenvalue weighted by Crippen LogP contribution is 2.22. The monoisotopic (exact) mass is 299 g/mol. The molecule has 0 bridgehead atoms. The van der Waals surface area contributed by atoms with Crippen LogP contribution in [-0.4, -0.2) is 47.6 Å². The molecule has 1 saturated heterocycles. The molecule has 0 saturated carbocycles. The first-order valence-electron chi connectivity index (χ1n) is 7.61. The van der Waals surface area contributed by atoms with Gasteiger partial charge in [0.15, 0.2) is 0 Å². The van der Waals surface area contributed by atoms with Gasteiger partial charge in [-0.25, -0.2) is 0 Å². The fourth-order valence-electron chi connectivity index (χ4n) is 2.62. The number of morpholine rings is 1. The van der Waals surface area contributed by atoms with Crippen LogP contribution in [0.3, 0.4) is 0 Å². The van der Waals surface area contributed by atoms with E-state index >= 15 is 0 Å². The lowest BCUT2D eigenvalue weighted by Gasteiger charge is -2.43. The molecule has 1 rings (SSSR count). The summed E-state index contributed by atoms with van der Waals surface area (Å²) in [6.07, 6.45) is 0.482. The second-order valence-corrected chi connectivity index (χ2v) is 6.93. The fourth-order valence-corrected chi connectivity index (χ4v) is 2.62. The molecule has 0 radical (unpaired) electrons. The number of hydrogen-bond donors (Lipinski definition) is 2. The zero-order valence-corrected chi connectivity index (χ0v) is 14.0. The van der Waals surface area contributed by atoms with Crippen molar-refractivity contribution in [3.8, 4) is 0 Å². The van der Waals surface area contributed by atoms with Crippen LogP contribution in [0.15, 0.2) is 0 Å². The predicted molar refractivity (Wildman–Crippen MR) is 81.4 cm³/mol. The summed E-state index contributed by atoms with van der Waals surface area (Å²) >= 11 is 0.